The topological polar surface area (TPSA) is 32.9 Å². The number of benzene rings is 1. The number of hydrogen-bond donors (Lipinski definition) is 1. The van der Waals surface area contributed by atoms with Gasteiger partial charge in [0.15, 0.2) is 0 Å². The van der Waals surface area contributed by atoms with Gasteiger partial charge in [0.05, 0.1) is 0 Å². The molecular formula is C11H9NO. The Morgan fingerprint density at radius 1 is 1.31 bits per heavy atom. The Kier molecular flexibility index (Phi) is 1.74. The van der Waals surface area contributed by atoms with Crippen LogP contribution < -0.4 is 5.56 Å². The maximum atomic E-state index is 11.3. The molecule has 2 aromatic rings. The largest absolute Gasteiger partial charge is 0.329 e. The summed E-state index contributed by atoms with van der Waals surface area (Å²) in [7, 11) is 0. The van der Waals surface area contributed by atoms with E-state index in [9.17, 15) is 4.79 Å². The second-order valence-corrected chi connectivity index (χ2v) is 2.86. The Morgan fingerprint density at radius 2 is 2.15 bits per heavy atom. The van der Waals surface area contributed by atoms with Crippen molar-refractivity contribution in [3.05, 3.63) is 53.0 Å². The molecule has 13 heavy (non-hydrogen) atoms. The van der Waals surface area contributed by atoms with Crippen molar-refractivity contribution in [2.75, 3.05) is 0 Å². The van der Waals surface area contributed by atoms with E-state index in [-0.39, 0.29) is 5.56 Å². The molecule has 2 rings (SSSR count). The smallest absolute Gasteiger partial charge is 0.255 e. The standard InChI is InChI=1S/C11H9NO/c1-2-8-3-4-10-9(7-8)5-6-12-11(10)13/h2-7H,1H2,(H,12,13). The third-order valence-electron chi connectivity index (χ3n) is 2.03. The van der Waals surface area contributed by atoms with Crippen LogP contribution in [0, 0.1) is 0 Å². The summed E-state index contributed by atoms with van der Waals surface area (Å²) in [5.74, 6) is 0. The van der Waals surface area contributed by atoms with E-state index in [0.717, 1.165) is 10.9 Å². The van der Waals surface area contributed by atoms with E-state index in [2.05, 4.69) is 11.6 Å². The molecule has 1 N–H and O–H groups in total. The van der Waals surface area contributed by atoms with E-state index in [4.69, 9.17) is 0 Å². The van der Waals surface area contributed by atoms with Gasteiger partial charge in [-0.2, -0.15) is 0 Å². The van der Waals surface area contributed by atoms with Crippen LogP contribution in [0.2, 0.25) is 0 Å². The number of H-pyrrole nitrogens is 1. The van der Waals surface area contributed by atoms with Crippen molar-refractivity contribution in [1.82, 2.24) is 4.98 Å². The van der Waals surface area contributed by atoms with Gasteiger partial charge in [-0.1, -0.05) is 18.7 Å². The molecule has 0 saturated heterocycles. The Labute approximate surface area is 75.5 Å². The van der Waals surface area contributed by atoms with Crippen molar-refractivity contribution in [2.24, 2.45) is 0 Å². The predicted octanol–water partition coefficient (Wildman–Crippen LogP) is 2.17. The number of hydrogen-bond acceptors (Lipinski definition) is 1. The molecular weight excluding hydrogens is 162 g/mol. The highest BCUT2D eigenvalue weighted by Crippen LogP contribution is 2.11. The number of fused-ring (bicyclic) bond motifs is 1. The monoisotopic (exact) mass is 171 g/mol. The van der Waals surface area contributed by atoms with Crippen LogP contribution in [0.5, 0.6) is 0 Å². The highest BCUT2D eigenvalue weighted by molar-refractivity contribution is 5.83. The summed E-state index contributed by atoms with van der Waals surface area (Å²) in [6, 6.07) is 7.51. The van der Waals surface area contributed by atoms with E-state index >= 15 is 0 Å². The molecule has 2 heteroatoms. The Bertz CT molecular complexity index is 511. The van der Waals surface area contributed by atoms with Gasteiger partial charge in [0, 0.05) is 11.6 Å². The second-order valence-electron chi connectivity index (χ2n) is 2.86. The molecule has 1 heterocycles. The van der Waals surface area contributed by atoms with Crippen LogP contribution in [0.4, 0.5) is 0 Å². The molecule has 1 aromatic carbocycles. The summed E-state index contributed by atoms with van der Waals surface area (Å²) < 4.78 is 0. The summed E-state index contributed by atoms with van der Waals surface area (Å²) >= 11 is 0. The third kappa shape index (κ3) is 1.26. The van der Waals surface area contributed by atoms with E-state index in [1.54, 1.807) is 12.3 Å². The van der Waals surface area contributed by atoms with Crippen LogP contribution in [-0.4, -0.2) is 4.98 Å². The molecule has 0 unspecified atom stereocenters. The lowest BCUT2D eigenvalue weighted by Crippen LogP contribution is -2.03. The molecule has 0 radical (unpaired) electrons. The van der Waals surface area contributed by atoms with Crippen molar-refractivity contribution >= 4 is 16.8 Å². The fourth-order valence-corrected chi connectivity index (χ4v) is 1.34. The summed E-state index contributed by atoms with van der Waals surface area (Å²) in [5, 5.41) is 1.66. The number of aromatic nitrogens is 1. The van der Waals surface area contributed by atoms with Crippen LogP contribution >= 0.6 is 0 Å². The van der Waals surface area contributed by atoms with Gasteiger partial charge in [0.25, 0.3) is 5.56 Å². The molecule has 0 atom stereocenters. The van der Waals surface area contributed by atoms with Gasteiger partial charge in [-0.15, -0.1) is 0 Å². The first-order valence-corrected chi connectivity index (χ1v) is 4.05. The zero-order chi connectivity index (χ0) is 9.26. The molecule has 0 aliphatic carbocycles. The minimum Gasteiger partial charge on any atom is -0.329 e. The van der Waals surface area contributed by atoms with E-state index in [1.165, 1.54) is 0 Å². The maximum absolute atomic E-state index is 11.3. The minimum absolute atomic E-state index is 0.0480. The van der Waals surface area contributed by atoms with E-state index in [0.29, 0.717) is 5.39 Å². The maximum Gasteiger partial charge on any atom is 0.255 e. The lowest BCUT2D eigenvalue weighted by molar-refractivity contribution is 1.28. The molecule has 0 aliphatic rings. The van der Waals surface area contributed by atoms with Crippen molar-refractivity contribution in [1.29, 1.82) is 0 Å². The van der Waals surface area contributed by atoms with Gasteiger partial charge in [-0.3, -0.25) is 4.79 Å². The number of pyridine rings is 1. The molecule has 0 bridgehead atoms. The molecule has 0 spiro atoms. The van der Waals surface area contributed by atoms with Gasteiger partial charge >= 0.3 is 0 Å². The van der Waals surface area contributed by atoms with Crippen LogP contribution in [0.3, 0.4) is 0 Å². The summed E-state index contributed by atoms with van der Waals surface area (Å²) in [6.07, 6.45) is 3.41. The first-order chi connectivity index (χ1) is 6.31. The second kappa shape index (κ2) is 2.90. The fourth-order valence-electron chi connectivity index (χ4n) is 1.34. The number of nitrogens with one attached hydrogen (secondary N) is 1. The van der Waals surface area contributed by atoms with Gasteiger partial charge in [-0.25, -0.2) is 0 Å². The van der Waals surface area contributed by atoms with Gasteiger partial charge in [0.1, 0.15) is 0 Å². The van der Waals surface area contributed by atoms with Gasteiger partial charge < -0.3 is 4.98 Å². The first kappa shape index (κ1) is 7.80. The normalized spacial score (nSPS) is 10.2. The molecule has 0 aliphatic heterocycles. The molecule has 0 fully saturated rings. The van der Waals surface area contributed by atoms with Crippen molar-refractivity contribution in [3.8, 4) is 0 Å². The zero-order valence-electron chi connectivity index (χ0n) is 7.08. The lowest BCUT2D eigenvalue weighted by atomic mass is 10.1. The highest BCUT2D eigenvalue weighted by atomic mass is 16.1. The summed E-state index contributed by atoms with van der Waals surface area (Å²) in [5.41, 5.74) is 0.978. The van der Waals surface area contributed by atoms with E-state index < -0.39 is 0 Å². The van der Waals surface area contributed by atoms with Crippen molar-refractivity contribution in [2.45, 2.75) is 0 Å². The first-order valence-electron chi connectivity index (χ1n) is 4.05. The quantitative estimate of drug-likeness (QED) is 0.700. The third-order valence-corrected chi connectivity index (χ3v) is 2.03. The van der Waals surface area contributed by atoms with Crippen LogP contribution in [0.1, 0.15) is 5.56 Å². The van der Waals surface area contributed by atoms with Gasteiger partial charge in [-0.05, 0) is 29.1 Å². The molecule has 0 saturated carbocycles. The highest BCUT2D eigenvalue weighted by Gasteiger charge is 1.96. The average Bonchev–Trinajstić information content (AvgIpc) is 2.18. The number of rotatable bonds is 1. The van der Waals surface area contributed by atoms with Crippen LogP contribution in [0.25, 0.3) is 16.8 Å². The Hall–Kier alpha value is -1.83. The average molecular weight is 171 g/mol. The lowest BCUT2D eigenvalue weighted by Gasteiger charge is -1.97. The van der Waals surface area contributed by atoms with Gasteiger partial charge in [0.2, 0.25) is 0 Å². The molecule has 0 amide bonds. The van der Waals surface area contributed by atoms with E-state index in [1.807, 2.05) is 24.3 Å². The Morgan fingerprint density at radius 3 is 2.92 bits per heavy atom. The minimum atomic E-state index is -0.0480. The zero-order valence-corrected chi connectivity index (χ0v) is 7.08. The van der Waals surface area contributed by atoms with Crippen molar-refractivity contribution in [3.63, 3.8) is 0 Å². The molecule has 2 nitrogen and oxygen atoms in total. The summed E-state index contributed by atoms with van der Waals surface area (Å²) in [4.78, 5) is 13.9. The molecule has 64 valence electrons. The molecule has 1 aromatic heterocycles. The Balaban J connectivity index is 2.87. The number of aromatic amines is 1. The SMILES string of the molecule is C=Cc1ccc2c(=O)[nH]ccc2c1. The predicted molar refractivity (Wildman–Crippen MR) is 54.7 cm³/mol. The summed E-state index contributed by atoms with van der Waals surface area (Å²) in [6.45, 7) is 3.67. The fraction of sp³-hybridized carbons (Fsp3) is 0. The van der Waals surface area contributed by atoms with Crippen molar-refractivity contribution < 1.29 is 0 Å². The van der Waals surface area contributed by atoms with Crippen LogP contribution in [0.15, 0.2) is 41.8 Å². The van der Waals surface area contributed by atoms with Crippen LogP contribution in [-0.2, 0) is 0 Å².